The minimum absolute atomic E-state index is 0.343. The molecule has 0 saturated carbocycles. The maximum Gasteiger partial charge on any atom is 0.251 e. The molecule has 3 nitrogen and oxygen atoms in total. The Bertz CT molecular complexity index is 668. The van der Waals surface area contributed by atoms with Gasteiger partial charge in [0.1, 0.15) is 0 Å². The van der Waals surface area contributed by atoms with Crippen molar-refractivity contribution in [2.45, 2.75) is 47.1 Å². The number of aryl methyl sites for hydroxylation is 1. The van der Waals surface area contributed by atoms with Gasteiger partial charge in [0, 0.05) is 23.5 Å². The van der Waals surface area contributed by atoms with Crippen LogP contribution in [0.15, 0.2) is 24.3 Å². The van der Waals surface area contributed by atoms with E-state index in [-0.39, 0.29) is 5.91 Å². The monoisotopic (exact) mass is 284 g/mol. The van der Waals surface area contributed by atoms with Gasteiger partial charge < -0.3 is 10.3 Å². The molecular formula is C18H24N2O. The molecular weight excluding hydrogens is 260 g/mol. The van der Waals surface area contributed by atoms with Gasteiger partial charge in [-0.15, -0.1) is 0 Å². The van der Waals surface area contributed by atoms with Crippen LogP contribution < -0.4 is 5.73 Å². The number of rotatable bonds is 5. The van der Waals surface area contributed by atoms with Gasteiger partial charge in [-0.3, -0.25) is 4.79 Å². The highest BCUT2D eigenvalue weighted by molar-refractivity contribution is 6.02. The van der Waals surface area contributed by atoms with Crippen LogP contribution in [0, 0.1) is 20.8 Å². The van der Waals surface area contributed by atoms with Crippen LogP contribution in [0.3, 0.4) is 0 Å². The molecule has 2 rings (SSSR count). The van der Waals surface area contributed by atoms with Crippen LogP contribution in [0.4, 0.5) is 0 Å². The zero-order chi connectivity index (χ0) is 15.6. The van der Waals surface area contributed by atoms with Crippen LogP contribution in [-0.4, -0.2) is 10.5 Å². The third-order valence-electron chi connectivity index (χ3n) is 4.18. The number of aromatic nitrogens is 1. The van der Waals surface area contributed by atoms with Crippen molar-refractivity contribution in [3.63, 3.8) is 0 Å². The predicted octanol–water partition coefficient (Wildman–Crippen LogP) is 3.98. The Morgan fingerprint density at radius 1 is 1.14 bits per heavy atom. The third-order valence-corrected chi connectivity index (χ3v) is 4.18. The summed E-state index contributed by atoms with van der Waals surface area (Å²) in [5.74, 6) is -0.343. The lowest BCUT2D eigenvalue weighted by molar-refractivity contribution is 0.1000. The second kappa shape index (κ2) is 6.17. The number of hydrogen-bond donors (Lipinski definition) is 1. The highest BCUT2D eigenvalue weighted by atomic mass is 16.1. The number of carbonyl (C=O) groups excluding carboxylic acids is 1. The van der Waals surface area contributed by atoms with Gasteiger partial charge in [-0.1, -0.05) is 37.6 Å². The molecule has 2 aromatic rings. The van der Waals surface area contributed by atoms with E-state index in [0.717, 1.165) is 47.5 Å². The Balaban J connectivity index is 2.70. The van der Waals surface area contributed by atoms with Gasteiger partial charge in [-0.2, -0.15) is 0 Å². The first-order chi connectivity index (χ1) is 9.99. The van der Waals surface area contributed by atoms with Crippen LogP contribution in [0.5, 0.6) is 0 Å². The van der Waals surface area contributed by atoms with E-state index in [1.807, 2.05) is 19.1 Å². The van der Waals surface area contributed by atoms with Gasteiger partial charge in [0.25, 0.3) is 5.91 Å². The van der Waals surface area contributed by atoms with Crippen molar-refractivity contribution in [3.8, 4) is 11.1 Å². The molecule has 0 atom stereocenters. The van der Waals surface area contributed by atoms with E-state index in [9.17, 15) is 4.79 Å². The highest BCUT2D eigenvalue weighted by Gasteiger charge is 2.22. The number of primary amides is 1. The molecule has 0 fully saturated rings. The van der Waals surface area contributed by atoms with Gasteiger partial charge in [-0.05, 0) is 38.3 Å². The average molecular weight is 284 g/mol. The smallest absolute Gasteiger partial charge is 0.251 e. The van der Waals surface area contributed by atoms with Crippen LogP contribution in [-0.2, 0) is 6.54 Å². The quantitative estimate of drug-likeness (QED) is 0.887. The van der Waals surface area contributed by atoms with Crippen molar-refractivity contribution in [1.29, 1.82) is 0 Å². The maximum absolute atomic E-state index is 12.0. The summed E-state index contributed by atoms with van der Waals surface area (Å²) in [6, 6.07) is 8.15. The second-order valence-electron chi connectivity index (χ2n) is 5.61. The summed E-state index contributed by atoms with van der Waals surface area (Å²) in [6.07, 6.45) is 2.23. The van der Waals surface area contributed by atoms with Crippen molar-refractivity contribution in [3.05, 3.63) is 46.8 Å². The van der Waals surface area contributed by atoms with E-state index in [1.54, 1.807) is 0 Å². The van der Waals surface area contributed by atoms with E-state index in [4.69, 9.17) is 5.73 Å². The Morgan fingerprint density at radius 3 is 2.38 bits per heavy atom. The Labute approximate surface area is 126 Å². The summed E-state index contributed by atoms with van der Waals surface area (Å²) in [6.45, 7) is 9.24. The average Bonchev–Trinajstić information content (AvgIpc) is 2.69. The molecule has 1 heterocycles. The first-order valence-corrected chi connectivity index (χ1v) is 7.54. The van der Waals surface area contributed by atoms with Crippen LogP contribution in [0.2, 0.25) is 0 Å². The van der Waals surface area contributed by atoms with Crippen LogP contribution in [0.1, 0.15) is 47.1 Å². The van der Waals surface area contributed by atoms with Gasteiger partial charge in [0.2, 0.25) is 0 Å². The second-order valence-corrected chi connectivity index (χ2v) is 5.61. The van der Waals surface area contributed by atoms with Crippen molar-refractivity contribution in [1.82, 2.24) is 4.57 Å². The molecule has 0 bridgehead atoms. The number of nitrogens with two attached hydrogens (primary N) is 1. The number of amides is 1. The molecule has 1 amide bonds. The fourth-order valence-electron chi connectivity index (χ4n) is 3.02. The van der Waals surface area contributed by atoms with E-state index in [1.165, 1.54) is 0 Å². The molecule has 0 aliphatic carbocycles. The lowest BCUT2D eigenvalue weighted by atomic mass is 9.96. The minimum atomic E-state index is -0.343. The van der Waals surface area contributed by atoms with Crippen molar-refractivity contribution >= 4 is 5.91 Å². The van der Waals surface area contributed by atoms with Gasteiger partial charge in [0.05, 0.1) is 5.56 Å². The fraction of sp³-hybridized carbons (Fsp3) is 0.389. The fourth-order valence-corrected chi connectivity index (χ4v) is 3.02. The van der Waals surface area contributed by atoms with E-state index in [2.05, 4.69) is 37.5 Å². The summed E-state index contributed by atoms with van der Waals surface area (Å²) in [4.78, 5) is 12.0. The van der Waals surface area contributed by atoms with Crippen LogP contribution >= 0.6 is 0 Å². The first-order valence-electron chi connectivity index (χ1n) is 7.54. The lowest BCUT2D eigenvalue weighted by Crippen LogP contribution is -2.13. The zero-order valence-electron chi connectivity index (χ0n) is 13.4. The number of unbranched alkanes of at least 4 members (excludes halogenated alkanes) is 1. The molecule has 1 aromatic carbocycles. The molecule has 3 heteroatoms. The number of benzene rings is 1. The van der Waals surface area contributed by atoms with E-state index >= 15 is 0 Å². The summed E-state index contributed by atoms with van der Waals surface area (Å²) in [7, 11) is 0. The molecule has 0 saturated heterocycles. The molecule has 2 N–H and O–H groups in total. The van der Waals surface area contributed by atoms with Gasteiger partial charge >= 0.3 is 0 Å². The SMILES string of the molecule is CCCCn1c(C)c(C(N)=O)c(-c2ccccc2C)c1C. The maximum atomic E-state index is 12.0. The Morgan fingerprint density at radius 2 is 1.81 bits per heavy atom. The summed E-state index contributed by atoms with van der Waals surface area (Å²) in [5.41, 5.74) is 11.7. The molecule has 0 spiro atoms. The van der Waals surface area contributed by atoms with Crippen LogP contribution in [0.25, 0.3) is 11.1 Å². The zero-order valence-corrected chi connectivity index (χ0v) is 13.4. The van der Waals surface area contributed by atoms with Gasteiger partial charge in [0.15, 0.2) is 0 Å². The Kier molecular flexibility index (Phi) is 4.51. The highest BCUT2D eigenvalue weighted by Crippen LogP contribution is 2.34. The Hall–Kier alpha value is -2.03. The summed E-state index contributed by atoms with van der Waals surface area (Å²) in [5, 5.41) is 0. The molecule has 0 radical (unpaired) electrons. The minimum Gasteiger partial charge on any atom is -0.366 e. The van der Waals surface area contributed by atoms with E-state index < -0.39 is 0 Å². The van der Waals surface area contributed by atoms with E-state index in [0.29, 0.717) is 5.56 Å². The first kappa shape index (κ1) is 15.4. The van der Waals surface area contributed by atoms with Crippen molar-refractivity contribution < 1.29 is 4.79 Å². The number of carbonyl (C=O) groups is 1. The largest absolute Gasteiger partial charge is 0.366 e. The van der Waals surface area contributed by atoms with Gasteiger partial charge in [-0.25, -0.2) is 0 Å². The topological polar surface area (TPSA) is 48.0 Å². The standard InChI is InChI=1S/C18H24N2O/c1-5-6-11-20-13(3)16(17(14(20)4)18(19)21)15-10-8-7-9-12(15)2/h7-10H,5-6,11H2,1-4H3,(H2,19,21). The molecule has 21 heavy (non-hydrogen) atoms. The predicted molar refractivity (Wildman–Crippen MR) is 87.5 cm³/mol. The lowest BCUT2D eigenvalue weighted by Gasteiger charge is -2.10. The summed E-state index contributed by atoms with van der Waals surface area (Å²) < 4.78 is 2.23. The number of hydrogen-bond acceptors (Lipinski definition) is 1. The van der Waals surface area contributed by atoms with Crippen molar-refractivity contribution in [2.75, 3.05) is 0 Å². The molecule has 0 aliphatic rings. The molecule has 112 valence electrons. The molecule has 1 aromatic heterocycles. The third kappa shape index (κ3) is 2.73. The molecule has 0 aliphatic heterocycles. The normalized spacial score (nSPS) is 10.9. The summed E-state index contributed by atoms with van der Waals surface area (Å²) >= 11 is 0. The number of nitrogens with zero attached hydrogens (tertiary/aromatic N) is 1. The molecule has 0 unspecified atom stereocenters. The van der Waals surface area contributed by atoms with Crippen molar-refractivity contribution in [2.24, 2.45) is 5.73 Å².